The summed E-state index contributed by atoms with van der Waals surface area (Å²) >= 11 is 0. The lowest BCUT2D eigenvalue weighted by molar-refractivity contribution is -0.112. The van der Waals surface area contributed by atoms with Gasteiger partial charge >= 0.3 is 0 Å². The van der Waals surface area contributed by atoms with Crippen LogP contribution in [-0.2, 0) is 4.79 Å². The summed E-state index contributed by atoms with van der Waals surface area (Å²) < 4.78 is 0. The van der Waals surface area contributed by atoms with E-state index in [4.69, 9.17) is 5.26 Å². The van der Waals surface area contributed by atoms with E-state index in [1.165, 1.54) is 0 Å². The molecule has 1 unspecified atom stereocenters. The largest absolute Gasteiger partial charge is 0.322 e. The van der Waals surface area contributed by atoms with Gasteiger partial charge in [0.25, 0.3) is 5.91 Å². The molecule has 0 aromatic heterocycles. The molecule has 120 valence electrons. The van der Waals surface area contributed by atoms with Crippen LogP contribution < -0.4 is 5.32 Å². The van der Waals surface area contributed by atoms with Crippen LogP contribution in [0.5, 0.6) is 0 Å². The first-order valence-electron chi connectivity index (χ1n) is 7.77. The summed E-state index contributed by atoms with van der Waals surface area (Å²) in [4.78, 5) is 12.4. The van der Waals surface area contributed by atoms with Crippen LogP contribution in [-0.4, -0.2) is 5.91 Å². The Hall–Kier alpha value is -2.60. The molecule has 0 spiro atoms. The highest BCUT2D eigenvalue weighted by molar-refractivity contribution is 6.05. The van der Waals surface area contributed by atoms with Crippen LogP contribution in [0.15, 0.2) is 66.3 Å². The second kappa shape index (κ2) is 9.42. The van der Waals surface area contributed by atoms with Crippen molar-refractivity contribution in [1.82, 2.24) is 0 Å². The zero-order valence-electron chi connectivity index (χ0n) is 14.0. The van der Waals surface area contributed by atoms with Crippen molar-refractivity contribution in [2.24, 2.45) is 11.8 Å². The number of amides is 1. The molecule has 0 saturated heterocycles. The predicted octanol–water partition coefficient (Wildman–Crippen LogP) is 4.87. The highest BCUT2D eigenvalue weighted by Gasteiger charge is 2.17. The molecule has 0 aliphatic heterocycles. The van der Waals surface area contributed by atoms with Crippen LogP contribution in [0.4, 0.5) is 5.69 Å². The quantitative estimate of drug-likeness (QED) is 0.577. The fourth-order valence-corrected chi connectivity index (χ4v) is 2.34. The summed E-state index contributed by atoms with van der Waals surface area (Å²) in [5.74, 6) is 0.198. The second-order valence-electron chi connectivity index (χ2n) is 5.63. The van der Waals surface area contributed by atoms with Gasteiger partial charge in [0.2, 0.25) is 0 Å². The summed E-state index contributed by atoms with van der Waals surface area (Å²) in [6.45, 7) is 9.80. The molecule has 1 aromatic rings. The molecule has 23 heavy (non-hydrogen) atoms. The van der Waals surface area contributed by atoms with E-state index in [0.29, 0.717) is 17.9 Å². The molecule has 0 radical (unpaired) electrons. The molecule has 1 rings (SSSR count). The Labute approximate surface area is 139 Å². The summed E-state index contributed by atoms with van der Waals surface area (Å²) in [7, 11) is 0. The lowest BCUT2D eigenvalue weighted by atomic mass is 9.84. The molecule has 0 heterocycles. The van der Waals surface area contributed by atoms with Gasteiger partial charge in [-0.3, -0.25) is 4.79 Å². The maximum Gasteiger partial charge on any atom is 0.255 e. The van der Waals surface area contributed by atoms with Gasteiger partial charge in [-0.25, -0.2) is 0 Å². The van der Waals surface area contributed by atoms with Gasteiger partial charge in [-0.2, -0.15) is 5.26 Å². The number of anilines is 1. The zero-order chi connectivity index (χ0) is 17.2. The number of rotatable bonds is 7. The van der Waals surface area contributed by atoms with Gasteiger partial charge in [0.05, 0.1) is 6.07 Å². The molecular weight excluding hydrogens is 284 g/mol. The maximum absolute atomic E-state index is 12.4. The number of carbonyl (C=O) groups is 1. The van der Waals surface area contributed by atoms with Crippen LogP contribution in [0.2, 0.25) is 0 Å². The third kappa shape index (κ3) is 5.60. The van der Waals surface area contributed by atoms with Crippen molar-refractivity contribution >= 4 is 11.6 Å². The van der Waals surface area contributed by atoms with Crippen LogP contribution >= 0.6 is 0 Å². The Morgan fingerprint density at radius 3 is 2.48 bits per heavy atom. The van der Waals surface area contributed by atoms with Gasteiger partial charge in [-0.15, -0.1) is 0 Å². The summed E-state index contributed by atoms with van der Waals surface area (Å²) in [5, 5.41) is 11.9. The van der Waals surface area contributed by atoms with Crippen molar-refractivity contribution < 1.29 is 4.79 Å². The van der Waals surface area contributed by atoms with E-state index in [1.807, 2.05) is 43.3 Å². The van der Waals surface area contributed by atoms with E-state index >= 15 is 0 Å². The van der Waals surface area contributed by atoms with Gasteiger partial charge < -0.3 is 5.32 Å². The summed E-state index contributed by atoms with van der Waals surface area (Å²) in [6, 6.07) is 11.5. The minimum Gasteiger partial charge on any atom is -0.322 e. The molecule has 3 nitrogen and oxygen atoms in total. The topological polar surface area (TPSA) is 52.9 Å². The van der Waals surface area contributed by atoms with Crippen LogP contribution in [0.3, 0.4) is 0 Å². The molecule has 1 aromatic carbocycles. The lowest BCUT2D eigenvalue weighted by Gasteiger charge is -2.19. The van der Waals surface area contributed by atoms with Crippen molar-refractivity contribution in [2.75, 3.05) is 5.32 Å². The van der Waals surface area contributed by atoms with Gasteiger partial charge in [-0.1, -0.05) is 50.8 Å². The number of nitrogens with zero attached hydrogens (tertiary/aromatic N) is 1. The van der Waals surface area contributed by atoms with Gasteiger partial charge in [0.15, 0.2) is 0 Å². The van der Waals surface area contributed by atoms with Gasteiger partial charge in [0.1, 0.15) is 0 Å². The first-order chi connectivity index (χ1) is 11.0. The number of carbonyl (C=O) groups excluding carboxylic acids is 1. The summed E-state index contributed by atoms with van der Waals surface area (Å²) in [6.07, 6.45) is 5.74. The monoisotopic (exact) mass is 308 g/mol. The standard InChI is InChI=1S/C20H24N2O/c1-5-16(19(12-13-21)15(3)4)14-17(6-2)20(23)22-18-10-8-7-9-11-18/h5-11,14-15,19H,1,12H2,2-4H3,(H,22,23)/b16-14+,17-6+. The molecular formula is C20H24N2O. The van der Waals surface area contributed by atoms with Crippen molar-refractivity contribution in [3.05, 3.63) is 66.3 Å². The van der Waals surface area contributed by atoms with E-state index in [-0.39, 0.29) is 11.8 Å². The van der Waals surface area contributed by atoms with Crippen LogP contribution in [0.1, 0.15) is 27.2 Å². The molecule has 0 aliphatic rings. The Morgan fingerprint density at radius 1 is 1.35 bits per heavy atom. The van der Waals surface area contributed by atoms with E-state index < -0.39 is 0 Å². The molecule has 0 aliphatic carbocycles. The summed E-state index contributed by atoms with van der Waals surface area (Å²) in [5.41, 5.74) is 2.23. The van der Waals surface area contributed by atoms with Crippen LogP contribution in [0, 0.1) is 23.2 Å². The molecule has 0 bridgehead atoms. The number of hydrogen-bond acceptors (Lipinski definition) is 2. The maximum atomic E-state index is 12.4. The van der Waals surface area contributed by atoms with Crippen molar-refractivity contribution in [1.29, 1.82) is 5.26 Å². The minimum absolute atomic E-state index is 0.0666. The average molecular weight is 308 g/mol. The number of para-hydroxylation sites is 1. The molecule has 0 fully saturated rings. The number of benzene rings is 1. The first-order valence-corrected chi connectivity index (χ1v) is 7.77. The predicted molar refractivity (Wildman–Crippen MR) is 95.7 cm³/mol. The van der Waals surface area contributed by atoms with E-state index in [0.717, 1.165) is 11.3 Å². The third-order valence-electron chi connectivity index (χ3n) is 3.71. The van der Waals surface area contributed by atoms with E-state index in [9.17, 15) is 4.79 Å². The van der Waals surface area contributed by atoms with E-state index in [1.54, 1.807) is 12.2 Å². The molecule has 1 amide bonds. The van der Waals surface area contributed by atoms with Crippen molar-refractivity contribution in [3.8, 4) is 6.07 Å². The van der Waals surface area contributed by atoms with Crippen molar-refractivity contribution in [2.45, 2.75) is 27.2 Å². The van der Waals surface area contributed by atoms with Gasteiger partial charge in [0, 0.05) is 17.7 Å². The Balaban J connectivity index is 3.01. The van der Waals surface area contributed by atoms with Gasteiger partial charge in [-0.05, 0) is 42.5 Å². The second-order valence-corrected chi connectivity index (χ2v) is 5.63. The SMILES string of the molecule is C=C/C(=C\C(=C/C)C(=O)Nc1ccccc1)C(CC#N)C(C)C. The normalized spacial score (nSPS) is 13.3. The fraction of sp³-hybridized carbons (Fsp3) is 0.300. The van der Waals surface area contributed by atoms with E-state index in [2.05, 4.69) is 31.8 Å². The Morgan fingerprint density at radius 2 is 2.00 bits per heavy atom. The van der Waals surface area contributed by atoms with Crippen LogP contribution in [0.25, 0.3) is 0 Å². The first kappa shape index (κ1) is 18.4. The average Bonchev–Trinajstić information content (AvgIpc) is 2.55. The Bertz CT molecular complexity index is 633. The van der Waals surface area contributed by atoms with Crippen molar-refractivity contribution in [3.63, 3.8) is 0 Å². The Kier molecular flexibility index (Phi) is 7.56. The number of nitriles is 1. The lowest BCUT2D eigenvalue weighted by Crippen LogP contribution is -2.15. The smallest absolute Gasteiger partial charge is 0.255 e. The minimum atomic E-state index is -0.169. The molecule has 3 heteroatoms. The highest BCUT2D eigenvalue weighted by atomic mass is 16.1. The number of allylic oxidation sites excluding steroid dienone is 3. The highest BCUT2D eigenvalue weighted by Crippen LogP contribution is 2.26. The number of hydrogen-bond donors (Lipinski definition) is 1. The third-order valence-corrected chi connectivity index (χ3v) is 3.71. The molecule has 1 atom stereocenters. The molecule has 1 N–H and O–H groups in total. The fourth-order valence-electron chi connectivity index (χ4n) is 2.34. The zero-order valence-corrected chi connectivity index (χ0v) is 14.0. The molecule has 0 saturated carbocycles. The number of nitrogens with one attached hydrogen (secondary N) is 1.